The molecule has 0 saturated heterocycles. The zero-order valence-corrected chi connectivity index (χ0v) is 11.8. The molecule has 0 aliphatic rings. The van der Waals surface area contributed by atoms with Crippen molar-refractivity contribution in [2.75, 3.05) is 5.73 Å². The van der Waals surface area contributed by atoms with E-state index in [2.05, 4.69) is 9.97 Å². The predicted molar refractivity (Wildman–Crippen MR) is 82.5 cm³/mol. The van der Waals surface area contributed by atoms with Crippen LogP contribution in [0.3, 0.4) is 0 Å². The van der Waals surface area contributed by atoms with Crippen LogP contribution in [0.1, 0.15) is 0 Å². The van der Waals surface area contributed by atoms with Gasteiger partial charge in [0, 0.05) is 42.2 Å². The van der Waals surface area contributed by atoms with Crippen molar-refractivity contribution in [2.45, 2.75) is 0 Å². The third kappa shape index (κ3) is 2.58. The molecule has 0 unspecified atom stereocenters. The molecule has 0 aliphatic carbocycles. The third-order valence-electron chi connectivity index (χ3n) is 3.30. The molecule has 3 aromatic rings. The minimum absolute atomic E-state index is 0.104. The van der Waals surface area contributed by atoms with Crippen molar-refractivity contribution < 1.29 is 4.39 Å². The molecule has 0 radical (unpaired) electrons. The molecule has 0 saturated carbocycles. The number of anilines is 1. The lowest BCUT2D eigenvalue weighted by Gasteiger charge is -2.10. The van der Waals surface area contributed by atoms with Gasteiger partial charge in [0.2, 0.25) is 11.5 Å². The van der Waals surface area contributed by atoms with E-state index in [4.69, 9.17) is 5.73 Å². The zero-order chi connectivity index (χ0) is 15.7. The first kappa shape index (κ1) is 13.9. The van der Waals surface area contributed by atoms with Crippen LogP contribution in [0.25, 0.3) is 22.4 Å². The molecule has 2 heterocycles. The first-order valence-corrected chi connectivity index (χ1v) is 6.60. The van der Waals surface area contributed by atoms with Crippen LogP contribution in [0.15, 0.2) is 53.6 Å². The van der Waals surface area contributed by atoms with Crippen LogP contribution < -0.4 is 11.3 Å². The highest BCUT2D eigenvalue weighted by Crippen LogP contribution is 2.30. The van der Waals surface area contributed by atoms with Gasteiger partial charge in [0.25, 0.3) is 0 Å². The SMILES string of the molecule is Cn1cc(-c2cnc(N)nc2-c2cccc(F)c2)ccc1=O. The summed E-state index contributed by atoms with van der Waals surface area (Å²) in [4.78, 5) is 19.7. The van der Waals surface area contributed by atoms with Crippen molar-refractivity contribution >= 4 is 5.95 Å². The van der Waals surface area contributed by atoms with E-state index in [-0.39, 0.29) is 17.3 Å². The smallest absolute Gasteiger partial charge is 0.250 e. The van der Waals surface area contributed by atoms with E-state index in [1.165, 1.54) is 22.8 Å². The monoisotopic (exact) mass is 296 g/mol. The average Bonchev–Trinajstić information content (AvgIpc) is 2.50. The van der Waals surface area contributed by atoms with Gasteiger partial charge in [-0.3, -0.25) is 4.79 Å². The molecular weight excluding hydrogens is 283 g/mol. The molecule has 0 bridgehead atoms. The molecule has 110 valence electrons. The number of hydrogen-bond donors (Lipinski definition) is 1. The fourth-order valence-corrected chi connectivity index (χ4v) is 2.22. The molecule has 2 aromatic heterocycles. The van der Waals surface area contributed by atoms with Gasteiger partial charge in [-0.15, -0.1) is 0 Å². The van der Waals surface area contributed by atoms with E-state index in [9.17, 15) is 9.18 Å². The Morgan fingerprint density at radius 1 is 1.18 bits per heavy atom. The Kier molecular flexibility index (Phi) is 3.42. The van der Waals surface area contributed by atoms with Gasteiger partial charge < -0.3 is 10.3 Å². The van der Waals surface area contributed by atoms with E-state index in [0.29, 0.717) is 16.8 Å². The summed E-state index contributed by atoms with van der Waals surface area (Å²) < 4.78 is 14.9. The van der Waals surface area contributed by atoms with Gasteiger partial charge in [0.1, 0.15) is 5.82 Å². The Morgan fingerprint density at radius 2 is 2.00 bits per heavy atom. The molecule has 5 nitrogen and oxygen atoms in total. The molecule has 1 aromatic carbocycles. The number of benzene rings is 1. The summed E-state index contributed by atoms with van der Waals surface area (Å²) in [6.45, 7) is 0. The Balaban J connectivity index is 2.24. The van der Waals surface area contributed by atoms with Crippen molar-refractivity contribution in [2.24, 2.45) is 7.05 Å². The molecule has 0 aliphatic heterocycles. The first-order valence-electron chi connectivity index (χ1n) is 6.60. The Hall–Kier alpha value is -3.02. The molecule has 22 heavy (non-hydrogen) atoms. The summed E-state index contributed by atoms with van der Waals surface area (Å²) in [5.74, 6) is -0.256. The summed E-state index contributed by atoms with van der Waals surface area (Å²) in [7, 11) is 1.66. The molecular formula is C16H13FN4O. The Bertz CT molecular complexity index is 905. The van der Waals surface area contributed by atoms with Gasteiger partial charge in [0.05, 0.1) is 5.69 Å². The maximum atomic E-state index is 13.5. The number of nitrogen functional groups attached to an aromatic ring is 1. The zero-order valence-electron chi connectivity index (χ0n) is 11.8. The number of hydrogen-bond acceptors (Lipinski definition) is 4. The fraction of sp³-hybridized carbons (Fsp3) is 0.0625. The van der Waals surface area contributed by atoms with Crippen LogP contribution in [-0.2, 0) is 7.05 Å². The number of nitrogens with zero attached hydrogens (tertiary/aromatic N) is 3. The summed E-state index contributed by atoms with van der Waals surface area (Å²) >= 11 is 0. The second-order valence-electron chi connectivity index (χ2n) is 4.87. The van der Waals surface area contributed by atoms with Gasteiger partial charge in [0.15, 0.2) is 0 Å². The highest BCUT2D eigenvalue weighted by molar-refractivity contribution is 5.80. The van der Waals surface area contributed by atoms with Crippen molar-refractivity contribution in [1.29, 1.82) is 0 Å². The number of aromatic nitrogens is 3. The highest BCUT2D eigenvalue weighted by atomic mass is 19.1. The first-order chi connectivity index (χ1) is 10.5. The molecule has 2 N–H and O–H groups in total. The third-order valence-corrected chi connectivity index (χ3v) is 3.30. The molecule has 0 fully saturated rings. The lowest BCUT2D eigenvalue weighted by Crippen LogP contribution is -2.14. The van der Waals surface area contributed by atoms with Crippen LogP contribution >= 0.6 is 0 Å². The van der Waals surface area contributed by atoms with Gasteiger partial charge in [-0.05, 0) is 18.2 Å². The minimum atomic E-state index is -0.360. The predicted octanol–water partition coefficient (Wildman–Crippen LogP) is 2.23. The molecule has 0 amide bonds. The summed E-state index contributed by atoms with van der Waals surface area (Å²) in [5, 5.41) is 0. The van der Waals surface area contributed by atoms with Crippen molar-refractivity contribution in [3.8, 4) is 22.4 Å². The van der Waals surface area contributed by atoms with Gasteiger partial charge in [-0.2, -0.15) is 0 Å². The standard InChI is InChI=1S/C16H13FN4O/c1-21-9-11(5-6-14(21)22)13-8-19-16(18)20-15(13)10-3-2-4-12(17)7-10/h2-9H,1H3,(H2,18,19,20). The van der Waals surface area contributed by atoms with Gasteiger partial charge in [-0.1, -0.05) is 12.1 Å². The maximum absolute atomic E-state index is 13.5. The fourth-order valence-electron chi connectivity index (χ4n) is 2.22. The number of nitrogens with two attached hydrogens (primary N) is 1. The largest absolute Gasteiger partial charge is 0.368 e. The van der Waals surface area contributed by atoms with E-state index in [1.807, 2.05) is 0 Å². The minimum Gasteiger partial charge on any atom is -0.368 e. The van der Waals surface area contributed by atoms with Crippen LogP contribution in [0.5, 0.6) is 0 Å². The van der Waals surface area contributed by atoms with Crippen LogP contribution in [-0.4, -0.2) is 14.5 Å². The molecule has 6 heteroatoms. The maximum Gasteiger partial charge on any atom is 0.250 e. The number of aryl methyl sites for hydroxylation is 1. The van der Waals surface area contributed by atoms with E-state index < -0.39 is 0 Å². The summed E-state index contributed by atoms with van der Waals surface area (Å²) in [6, 6.07) is 9.23. The normalized spacial score (nSPS) is 10.6. The number of pyridine rings is 1. The lowest BCUT2D eigenvalue weighted by atomic mass is 10.0. The van der Waals surface area contributed by atoms with Crippen molar-refractivity contribution in [3.05, 3.63) is 65.0 Å². The molecule has 3 rings (SSSR count). The van der Waals surface area contributed by atoms with E-state index in [1.54, 1.807) is 37.6 Å². The Morgan fingerprint density at radius 3 is 2.73 bits per heavy atom. The Labute approximate surface area is 125 Å². The van der Waals surface area contributed by atoms with Crippen LogP contribution in [0, 0.1) is 5.82 Å². The second-order valence-corrected chi connectivity index (χ2v) is 4.87. The quantitative estimate of drug-likeness (QED) is 0.787. The molecule has 0 atom stereocenters. The summed E-state index contributed by atoms with van der Waals surface area (Å²) in [5.41, 5.74) is 8.09. The molecule has 0 spiro atoms. The van der Waals surface area contributed by atoms with Crippen LogP contribution in [0.4, 0.5) is 10.3 Å². The van der Waals surface area contributed by atoms with Gasteiger partial charge >= 0.3 is 0 Å². The second kappa shape index (κ2) is 5.40. The lowest BCUT2D eigenvalue weighted by molar-refractivity contribution is 0.628. The summed E-state index contributed by atoms with van der Waals surface area (Å²) in [6.07, 6.45) is 3.25. The van der Waals surface area contributed by atoms with E-state index >= 15 is 0 Å². The van der Waals surface area contributed by atoms with Crippen molar-refractivity contribution in [3.63, 3.8) is 0 Å². The van der Waals surface area contributed by atoms with E-state index in [0.717, 1.165) is 5.56 Å². The van der Waals surface area contributed by atoms with Crippen molar-refractivity contribution in [1.82, 2.24) is 14.5 Å². The topological polar surface area (TPSA) is 73.8 Å². The van der Waals surface area contributed by atoms with Gasteiger partial charge in [-0.25, -0.2) is 14.4 Å². The van der Waals surface area contributed by atoms with Crippen LogP contribution in [0.2, 0.25) is 0 Å². The number of halogens is 1. The highest BCUT2D eigenvalue weighted by Gasteiger charge is 2.12. The average molecular weight is 296 g/mol. The number of rotatable bonds is 2.